The van der Waals surface area contributed by atoms with Gasteiger partial charge in [-0.3, -0.25) is 0 Å². The molecule has 24 heavy (non-hydrogen) atoms. The number of hydrogen-bond acceptors (Lipinski definition) is 1. The molecule has 1 aromatic heterocycles. The van der Waals surface area contributed by atoms with Gasteiger partial charge in [0.2, 0.25) is 0 Å². The molecule has 1 aromatic carbocycles. The molecule has 2 aliphatic rings. The summed E-state index contributed by atoms with van der Waals surface area (Å²) in [7, 11) is 2.24. The molecule has 2 aromatic rings. The van der Waals surface area contributed by atoms with Crippen LogP contribution in [-0.4, -0.2) is 23.1 Å². The van der Waals surface area contributed by atoms with Crippen molar-refractivity contribution in [2.24, 2.45) is 5.92 Å². The van der Waals surface area contributed by atoms with Crippen LogP contribution in [-0.2, 0) is 13.0 Å². The molecule has 4 rings (SSSR count). The molecule has 1 aliphatic carbocycles. The maximum absolute atomic E-state index is 2.53. The molecule has 128 valence electrons. The molecule has 2 nitrogen and oxygen atoms in total. The number of aryl methyl sites for hydroxylation is 1. The highest BCUT2D eigenvalue weighted by atomic mass is 15.1. The Morgan fingerprint density at radius 1 is 1.17 bits per heavy atom. The Balaban J connectivity index is 1.82. The van der Waals surface area contributed by atoms with Crippen molar-refractivity contribution in [2.75, 3.05) is 13.6 Å². The van der Waals surface area contributed by atoms with Crippen molar-refractivity contribution in [1.29, 1.82) is 0 Å². The van der Waals surface area contributed by atoms with Crippen LogP contribution in [0.4, 0.5) is 0 Å². The third-order valence-corrected chi connectivity index (χ3v) is 6.12. The lowest BCUT2D eigenvalue weighted by molar-refractivity contribution is 0.312. The Morgan fingerprint density at radius 3 is 2.75 bits per heavy atom. The van der Waals surface area contributed by atoms with Gasteiger partial charge in [0.25, 0.3) is 0 Å². The Labute approximate surface area is 146 Å². The lowest BCUT2D eigenvalue weighted by Crippen LogP contribution is -2.26. The van der Waals surface area contributed by atoms with Crippen molar-refractivity contribution in [3.05, 3.63) is 40.6 Å². The molecule has 1 aliphatic heterocycles. The number of aromatic nitrogens is 1. The number of allylic oxidation sites excluding steroid dienone is 1. The summed E-state index contributed by atoms with van der Waals surface area (Å²) in [5, 5.41) is 1.46. The largest absolute Gasteiger partial charge is 0.320 e. The Morgan fingerprint density at radius 2 is 1.96 bits per heavy atom. The van der Waals surface area contributed by atoms with Gasteiger partial charge >= 0.3 is 0 Å². The standard InChI is InChI=1S/C22H30N2/c1-16-9-10-21-19(13-16)20-15-23(3)12-11-22(20)24(21)14-17(2)18-7-5-4-6-8-18/h9-10,13-14,18H,4-8,11-12,15H2,1-3H3/b17-14+. The summed E-state index contributed by atoms with van der Waals surface area (Å²) in [6.07, 6.45) is 10.6. The minimum atomic E-state index is 0.795. The Hall–Kier alpha value is -1.54. The van der Waals surface area contributed by atoms with Crippen LogP contribution < -0.4 is 0 Å². The highest BCUT2D eigenvalue weighted by Crippen LogP contribution is 2.34. The second-order valence-electron chi connectivity index (χ2n) is 8.01. The zero-order valence-corrected chi connectivity index (χ0v) is 15.4. The molecule has 2 heterocycles. The summed E-state index contributed by atoms with van der Waals surface area (Å²) in [5.74, 6) is 0.795. The minimum Gasteiger partial charge on any atom is -0.320 e. The van der Waals surface area contributed by atoms with E-state index in [-0.39, 0.29) is 0 Å². The van der Waals surface area contributed by atoms with E-state index in [9.17, 15) is 0 Å². The minimum absolute atomic E-state index is 0.795. The maximum atomic E-state index is 2.53. The van der Waals surface area contributed by atoms with Crippen molar-refractivity contribution in [1.82, 2.24) is 9.47 Å². The fourth-order valence-electron chi connectivity index (χ4n) is 4.66. The molecule has 0 atom stereocenters. The van der Waals surface area contributed by atoms with Gasteiger partial charge in [0.05, 0.1) is 5.52 Å². The normalized spacial score (nSPS) is 20.5. The van der Waals surface area contributed by atoms with Crippen molar-refractivity contribution in [3.8, 4) is 0 Å². The van der Waals surface area contributed by atoms with Gasteiger partial charge in [0, 0.05) is 36.8 Å². The van der Waals surface area contributed by atoms with Crippen LogP contribution in [0, 0.1) is 12.8 Å². The predicted octanol–water partition coefficient (Wildman–Crippen LogP) is 5.38. The molecular formula is C22H30N2. The molecule has 0 spiro atoms. The van der Waals surface area contributed by atoms with E-state index in [1.165, 1.54) is 55.1 Å². The number of likely N-dealkylation sites (N-methyl/N-ethyl adjacent to an activating group) is 1. The summed E-state index contributed by atoms with van der Waals surface area (Å²) in [6, 6.07) is 6.97. The SMILES string of the molecule is C/C(=C\n1c2c(c3cc(C)ccc31)CN(C)CC2)C1CCCCC1. The smallest absolute Gasteiger partial charge is 0.0528 e. The van der Waals surface area contributed by atoms with E-state index < -0.39 is 0 Å². The highest BCUT2D eigenvalue weighted by molar-refractivity contribution is 5.88. The van der Waals surface area contributed by atoms with Gasteiger partial charge in [-0.2, -0.15) is 0 Å². The second kappa shape index (κ2) is 6.40. The van der Waals surface area contributed by atoms with Crippen LogP contribution in [0.25, 0.3) is 17.1 Å². The van der Waals surface area contributed by atoms with Crippen LogP contribution in [0.1, 0.15) is 55.8 Å². The number of nitrogens with zero attached hydrogens (tertiary/aromatic N) is 2. The summed E-state index contributed by atoms with van der Waals surface area (Å²) in [6.45, 7) is 6.81. The average molecular weight is 322 g/mol. The van der Waals surface area contributed by atoms with Gasteiger partial charge in [-0.05, 0) is 57.4 Å². The lowest BCUT2D eigenvalue weighted by Gasteiger charge is -2.25. The molecule has 0 bridgehead atoms. The van der Waals surface area contributed by atoms with Crippen LogP contribution in [0.15, 0.2) is 23.8 Å². The summed E-state index contributed by atoms with van der Waals surface area (Å²) < 4.78 is 2.53. The van der Waals surface area contributed by atoms with E-state index in [0.717, 1.165) is 18.9 Å². The first-order chi connectivity index (χ1) is 11.6. The number of rotatable bonds is 2. The van der Waals surface area contributed by atoms with E-state index in [2.05, 4.69) is 54.8 Å². The van der Waals surface area contributed by atoms with Gasteiger partial charge in [-0.1, -0.05) is 36.5 Å². The van der Waals surface area contributed by atoms with Crippen LogP contribution in [0.2, 0.25) is 0 Å². The predicted molar refractivity (Wildman–Crippen MR) is 103 cm³/mol. The molecule has 0 amide bonds. The quantitative estimate of drug-likeness (QED) is 0.721. The third kappa shape index (κ3) is 2.82. The highest BCUT2D eigenvalue weighted by Gasteiger charge is 2.22. The monoisotopic (exact) mass is 322 g/mol. The van der Waals surface area contributed by atoms with E-state index in [1.54, 1.807) is 16.8 Å². The molecule has 1 fully saturated rings. The average Bonchev–Trinajstić information content (AvgIpc) is 2.88. The summed E-state index contributed by atoms with van der Waals surface area (Å²) in [5.41, 5.74) is 7.44. The lowest BCUT2D eigenvalue weighted by atomic mass is 9.85. The van der Waals surface area contributed by atoms with Gasteiger partial charge < -0.3 is 9.47 Å². The number of benzene rings is 1. The van der Waals surface area contributed by atoms with E-state index >= 15 is 0 Å². The van der Waals surface area contributed by atoms with Gasteiger partial charge in [-0.15, -0.1) is 0 Å². The van der Waals surface area contributed by atoms with Crippen molar-refractivity contribution >= 4 is 17.1 Å². The van der Waals surface area contributed by atoms with Gasteiger partial charge in [-0.25, -0.2) is 0 Å². The maximum Gasteiger partial charge on any atom is 0.0528 e. The van der Waals surface area contributed by atoms with Crippen LogP contribution in [0.3, 0.4) is 0 Å². The van der Waals surface area contributed by atoms with Crippen molar-refractivity contribution in [2.45, 2.75) is 58.9 Å². The van der Waals surface area contributed by atoms with E-state index in [4.69, 9.17) is 0 Å². The third-order valence-electron chi connectivity index (χ3n) is 6.12. The molecule has 0 unspecified atom stereocenters. The molecule has 0 N–H and O–H groups in total. The Bertz CT molecular complexity index is 775. The second-order valence-corrected chi connectivity index (χ2v) is 8.01. The molecule has 2 heteroatoms. The van der Waals surface area contributed by atoms with Crippen LogP contribution in [0.5, 0.6) is 0 Å². The molecule has 0 saturated heterocycles. The van der Waals surface area contributed by atoms with E-state index in [0.29, 0.717) is 0 Å². The zero-order chi connectivity index (χ0) is 16.7. The zero-order valence-electron chi connectivity index (χ0n) is 15.4. The first-order valence-corrected chi connectivity index (χ1v) is 9.62. The summed E-state index contributed by atoms with van der Waals surface area (Å²) >= 11 is 0. The molecule has 0 radical (unpaired) electrons. The van der Waals surface area contributed by atoms with Crippen molar-refractivity contribution in [3.63, 3.8) is 0 Å². The Kier molecular flexibility index (Phi) is 4.26. The van der Waals surface area contributed by atoms with E-state index in [1.807, 2.05) is 0 Å². The van der Waals surface area contributed by atoms with Gasteiger partial charge in [0.1, 0.15) is 0 Å². The fraction of sp³-hybridized carbons (Fsp3) is 0.545. The molecular weight excluding hydrogens is 292 g/mol. The fourth-order valence-corrected chi connectivity index (χ4v) is 4.66. The van der Waals surface area contributed by atoms with Gasteiger partial charge in [0.15, 0.2) is 0 Å². The molecule has 1 saturated carbocycles. The number of fused-ring (bicyclic) bond motifs is 3. The first-order valence-electron chi connectivity index (χ1n) is 9.62. The topological polar surface area (TPSA) is 8.17 Å². The number of hydrogen-bond donors (Lipinski definition) is 0. The van der Waals surface area contributed by atoms with Crippen molar-refractivity contribution < 1.29 is 0 Å². The first kappa shape index (κ1) is 16.0. The van der Waals surface area contributed by atoms with Crippen LogP contribution >= 0.6 is 0 Å². The summed E-state index contributed by atoms with van der Waals surface area (Å²) in [4.78, 5) is 2.45.